The van der Waals surface area contributed by atoms with E-state index < -0.39 is 56.8 Å². The molecule has 10 aromatic carbocycles. The molecule has 0 bridgehead atoms. The van der Waals surface area contributed by atoms with Crippen LogP contribution in [0.5, 0.6) is 0 Å². The molecule has 0 unspecified atom stereocenters. The van der Waals surface area contributed by atoms with E-state index in [-0.39, 0.29) is 49.6 Å². The summed E-state index contributed by atoms with van der Waals surface area (Å²) < 4.78 is 0. The predicted octanol–water partition coefficient (Wildman–Crippen LogP) is 18.4. The molecule has 0 saturated carbocycles. The van der Waals surface area contributed by atoms with Gasteiger partial charge in [0.1, 0.15) is 22.5 Å². The summed E-state index contributed by atoms with van der Waals surface area (Å²) in [5.74, 6) is -3.49. The van der Waals surface area contributed by atoms with Gasteiger partial charge in [-0.3, -0.25) is 38.8 Å². The molecule has 6 spiro atoms. The molecule has 18 rings (SSSR count). The molecule has 10 aromatic rings. The number of piperidine rings is 2. The van der Waals surface area contributed by atoms with Crippen LogP contribution in [0.15, 0.2) is 253 Å². The lowest BCUT2D eigenvalue weighted by atomic mass is 9.52. The van der Waals surface area contributed by atoms with Gasteiger partial charge in [-0.15, -0.1) is 0 Å². The minimum atomic E-state index is -1.64. The highest BCUT2D eigenvalue weighted by atomic mass is 35.5. The second-order valence-electron chi connectivity index (χ2n) is 29.3. The molecule has 4 saturated heterocycles. The van der Waals surface area contributed by atoms with Crippen LogP contribution in [-0.2, 0) is 53.0 Å². The molecule has 2 amide bonds. The van der Waals surface area contributed by atoms with E-state index >= 15 is 19.2 Å². The Bertz CT molecular complexity index is 4970. The third-order valence-corrected chi connectivity index (χ3v) is 26.0. The number of anilines is 2. The minimum Gasteiger partial charge on any atom is -0.378 e. The number of ketones is 2. The van der Waals surface area contributed by atoms with Crippen molar-refractivity contribution < 1.29 is 28.9 Å². The van der Waals surface area contributed by atoms with E-state index in [4.69, 9.17) is 113 Å². The summed E-state index contributed by atoms with van der Waals surface area (Å²) in [6.45, 7) is 2.60. The summed E-state index contributed by atoms with van der Waals surface area (Å²) in [5.41, 5.74) is 1.07. The number of hydrogen-bond acceptors (Lipinski definition) is 12. The highest BCUT2D eigenvalue weighted by Crippen LogP contribution is 2.69. The van der Waals surface area contributed by atoms with Crippen LogP contribution in [0.2, 0.25) is 40.2 Å². The number of oxime groups is 2. The van der Waals surface area contributed by atoms with Gasteiger partial charge < -0.3 is 20.3 Å². The summed E-state index contributed by atoms with van der Waals surface area (Å²) >= 11 is 53.5. The molecular formula is C86H68Cl8N8O6. The fraction of sp³-hybridized carbons (Fsp3) is 0.233. The number of Topliss-reactive ketones (excluding diaryl/α,β-unsaturated/α-hetero) is 2. The average Bonchev–Trinajstić information content (AvgIpc) is 1.49. The maximum Gasteiger partial charge on any atom is 0.250 e. The number of likely N-dealkylation sites (tertiary alicyclic amines) is 4. The standard InChI is InChI=1S/2C43H34Cl4N4O3/c2*1-50-23-32(27-14-18-29(44)19-15-27)41(43(50)31-10-5-6-13-35(31)48-40(43)53)24-51(22-26-8-3-2-4-9-26)25-42(39(41)52)37(28-16-20-30(45)21-17-28)38(49-54-42)36-33(46)11-7-12-34(36)47/h2*2-21,32,37H,22-25H2,1H3,(H,48,53)/t2*32-,37+,41+,42+,43+/m00/s1. The number of carbonyl (C=O) groups is 4. The van der Waals surface area contributed by atoms with Crippen LogP contribution in [0, 0.1) is 10.8 Å². The summed E-state index contributed by atoms with van der Waals surface area (Å²) in [6, 6.07) is 76.1. The number of rotatable bonds is 10. The molecule has 2 N–H and O–H groups in total. The molecule has 0 aliphatic carbocycles. The van der Waals surface area contributed by atoms with Gasteiger partial charge in [0, 0.05) is 118 Å². The van der Waals surface area contributed by atoms with Gasteiger partial charge in [-0.2, -0.15) is 0 Å². The lowest BCUT2D eigenvalue weighted by Crippen LogP contribution is -2.73. The number of hydrogen-bond donors (Lipinski definition) is 2. The fourth-order valence-electron chi connectivity index (χ4n) is 19.7. The molecule has 14 nitrogen and oxygen atoms in total. The van der Waals surface area contributed by atoms with E-state index in [0.29, 0.717) is 100 Å². The molecule has 8 aliphatic rings. The number of carbonyl (C=O) groups excluding carboxylic acids is 4. The van der Waals surface area contributed by atoms with E-state index in [9.17, 15) is 0 Å². The zero-order chi connectivity index (χ0) is 74.8. The third kappa shape index (κ3) is 11.0. The quantitative estimate of drug-likeness (QED) is 0.136. The first-order chi connectivity index (χ1) is 52.2. The minimum absolute atomic E-state index is 0.168. The lowest BCUT2D eigenvalue weighted by Gasteiger charge is -2.55. The van der Waals surface area contributed by atoms with Crippen molar-refractivity contribution in [1.82, 2.24) is 19.6 Å². The number of likely N-dealkylation sites (N-methyl/N-ethyl adjacent to an activating group) is 2. The Morgan fingerprint density at radius 2 is 0.694 bits per heavy atom. The van der Waals surface area contributed by atoms with Gasteiger partial charge in [0.25, 0.3) is 11.8 Å². The number of para-hydroxylation sites is 2. The molecule has 108 heavy (non-hydrogen) atoms. The zero-order valence-electron chi connectivity index (χ0n) is 58.2. The Morgan fingerprint density at radius 3 is 1.04 bits per heavy atom. The third-order valence-electron chi connectivity index (χ3n) is 23.7. The number of fused-ring (bicyclic) bond motifs is 6. The topological polar surface area (TPSA) is 148 Å². The first-order valence-corrected chi connectivity index (χ1v) is 38.5. The van der Waals surface area contributed by atoms with E-state index in [0.717, 1.165) is 44.5 Å². The first-order valence-electron chi connectivity index (χ1n) is 35.5. The average molecular weight is 1590 g/mol. The highest BCUT2D eigenvalue weighted by molar-refractivity contribution is 6.42. The van der Waals surface area contributed by atoms with Crippen molar-refractivity contribution in [3.8, 4) is 0 Å². The van der Waals surface area contributed by atoms with Crippen LogP contribution in [-0.4, -0.2) is 119 Å². The van der Waals surface area contributed by atoms with Crippen LogP contribution in [0.3, 0.4) is 0 Å². The molecule has 4 fully saturated rings. The Balaban J connectivity index is 0.000000158. The molecule has 8 aliphatic heterocycles. The summed E-state index contributed by atoms with van der Waals surface area (Å²) in [4.78, 5) is 85.8. The number of nitrogens with one attached hydrogen (secondary N) is 2. The summed E-state index contributed by atoms with van der Waals surface area (Å²) in [5, 5.41) is 19.6. The Labute approximate surface area is 665 Å². The Hall–Kier alpha value is -8.42. The molecule has 22 heteroatoms. The van der Waals surface area contributed by atoms with Crippen molar-refractivity contribution in [2.45, 2.75) is 59.0 Å². The molecule has 544 valence electrons. The van der Waals surface area contributed by atoms with Crippen LogP contribution in [0.4, 0.5) is 11.4 Å². The molecule has 10 atom stereocenters. The van der Waals surface area contributed by atoms with Crippen LogP contribution < -0.4 is 10.6 Å². The van der Waals surface area contributed by atoms with Crippen LogP contribution >= 0.6 is 92.8 Å². The monoisotopic (exact) mass is 1590 g/mol. The van der Waals surface area contributed by atoms with Crippen molar-refractivity contribution in [2.75, 3.05) is 64.0 Å². The second-order valence-corrected chi connectivity index (χ2v) is 32.7. The molecule has 8 heterocycles. The maximum atomic E-state index is 16.7. The van der Waals surface area contributed by atoms with E-state index in [1.807, 2.05) is 172 Å². The molecule has 0 radical (unpaired) electrons. The van der Waals surface area contributed by atoms with Crippen molar-refractivity contribution >= 4 is 139 Å². The van der Waals surface area contributed by atoms with Gasteiger partial charge in [-0.1, -0.05) is 261 Å². The maximum absolute atomic E-state index is 16.7. The first kappa shape index (κ1) is 72.4. The van der Waals surface area contributed by atoms with E-state index in [2.05, 4.69) is 54.5 Å². The summed E-state index contributed by atoms with van der Waals surface area (Å²) in [6.07, 6.45) is 0. The van der Waals surface area contributed by atoms with E-state index in [1.165, 1.54) is 0 Å². The second kappa shape index (κ2) is 27.9. The normalized spacial score (nSPS) is 27.8. The smallest absolute Gasteiger partial charge is 0.250 e. The molecular weight excluding hydrogens is 1520 g/mol. The number of nitrogens with zero attached hydrogens (tertiary/aromatic N) is 6. The zero-order valence-corrected chi connectivity index (χ0v) is 64.3. The van der Waals surface area contributed by atoms with Crippen molar-refractivity contribution in [2.24, 2.45) is 21.1 Å². The summed E-state index contributed by atoms with van der Waals surface area (Å²) in [7, 11) is 3.88. The lowest BCUT2D eigenvalue weighted by molar-refractivity contribution is -0.180. The van der Waals surface area contributed by atoms with Gasteiger partial charge in [-0.05, 0) is 132 Å². The van der Waals surface area contributed by atoms with Gasteiger partial charge in [-0.25, -0.2) is 0 Å². The largest absolute Gasteiger partial charge is 0.378 e. The Kier molecular flexibility index (Phi) is 18.7. The predicted molar refractivity (Wildman–Crippen MR) is 427 cm³/mol. The van der Waals surface area contributed by atoms with Crippen molar-refractivity contribution in [3.05, 3.63) is 338 Å². The van der Waals surface area contributed by atoms with Crippen molar-refractivity contribution in [3.63, 3.8) is 0 Å². The van der Waals surface area contributed by atoms with Gasteiger partial charge in [0.15, 0.2) is 11.6 Å². The van der Waals surface area contributed by atoms with Crippen molar-refractivity contribution in [1.29, 1.82) is 0 Å². The number of benzene rings is 10. The van der Waals surface area contributed by atoms with E-state index in [1.54, 1.807) is 60.7 Å². The van der Waals surface area contributed by atoms with Crippen LogP contribution in [0.25, 0.3) is 0 Å². The number of amides is 2. The van der Waals surface area contributed by atoms with Gasteiger partial charge >= 0.3 is 0 Å². The van der Waals surface area contributed by atoms with Gasteiger partial charge in [0.2, 0.25) is 11.2 Å². The SMILES string of the molecule is CN1C[C@@H](c2ccc(Cl)cc2)[C@@]2(CN(Cc3ccccc3)C[C@]3(ON=C(c4c(Cl)cccc4Cl)[C@H]3c3ccc(Cl)cc3)C2=O)[C@@]12C(=O)Nc1ccccc12.CN1C[C@@H](c2ccc(Cl)cc2)[C@@]2(CN(Cc3ccccc3)C[C@]3(ON=C(c4c(Cl)cccc4Cl)[C@H]3c3ccc(Cl)cc3)C2=O)[C@@]12C(=O)Nc1ccccc12. The molecule has 0 aromatic heterocycles. The fourth-order valence-corrected chi connectivity index (χ4v) is 21.4. The van der Waals surface area contributed by atoms with Crippen LogP contribution in [0.1, 0.15) is 79.3 Å². The Morgan fingerprint density at radius 1 is 0.380 bits per heavy atom. The number of halogens is 8. The highest BCUT2D eigenvalue weighted by Gasteiger charge is 2.82. The van der Waals surface area contributed by atoms with Gasteiger partial charge in [0.05, 0.1) is 42.8 Å².